The van der Waals surface area contributed by atoms with E-state index in [1.165, 1.54) is 17.5 Å². The van der Waals surface area contributed by atoms with Crippen LogP contribution in [0.5, 0.6) is 0 Å². The lowest BCUT2D eigenvalue weighted by Crippen LogP contribution is -2.33. The number of rotatable bonds is 6. The van der Waals surface area contributed by atoms with Gasteiger partial charge in [-0.1, -0.05) is 67.6 Å². The van der Waals surface area contributed by atoms with Crippen LogP contribution in [0.3, 0.4) is 0 Å². The summed E-state index contributed by atoms with van der Waals surface area (Å²) >= 11 is 0. The maximum atomic E-state index is 3.63. The molecule has 0 aliphatic rings. The molecule has 1 unspecified atom stereocenters. The first kappa shape index (κ1) is 13.8. The molecule has 1 heteroatoms. The summed E-state index contributed by atoms with van der Waals surface area (Å²) in [4.78, 5) is 0. The van der Waals surface area contributed by atoms with Crippen molar-refractivity contribution in [3.05, 3.63) is 71.8 Å². The van der Waals surface area contributed by atoms with Gasteiger partial charge in [0, 0.05) is 12.0 Å². The Morgan fingerprint density at radius 1 is 0.842 bits per heavy atom. The van der Waals surface area contributed by atoms with Gasteiger partial charge in [-0.2, -0.15) is 0 Å². The van der Waals surface area contributed by atoms with E-state index in [4.69, 9.17) is 0 Å². The third kappa shape index (κ3) is 3.68. The fraction of sp³-hybridized carbons (Fsp3) is 0.333. The second-order valence-corrected chi connectivity index (χ2v) is 5.04. The summed E-state index contributed by atoms with van der Waals surface area (Å²) in [5, 5.41) is 3.63. The minimum atomic E-state index is 0.411. The summed E-state index contributed by atoms with van der Waals surface area (Å²) in [6, 6.07) is 22.0. The monoisotopic (exact) mass is 253 g/mol. The second kappa shape index (κ2) is 7.10. The summed E-state index contributed by atoms with van der Waals surface area (Å²) in [6.07, 6.45) is 1.17. The average Bonchev–Trinajstić information content (AvgIpc) is 2.47. The molecule has 0 spiro atoms. The van der Waals surface area contributed by atoms with E-state index < -0.39 is 0 Å². The van der Waals surface area contributed by atoms with Gasteiger partial charge in [0.05, 0.1) is 0 Å². The van der Waals surface area contributed by atoms with Crippen LogP contribution < -0.4 is 5.32 Å². The number of hydrogen-bond acceptors (Lipinski definition) is 1. The molecule has 0 aliphatic carbocycles. The van der Waals surface area contributed by atoms with Crippen LogP contribution >= 0.6 is 0 Å². The fourth-order valence-electron chi connectivity index (χ4n) is 2.58. The number of nitrogens with one attached hydrogen (secondary N) is 1. The van der Waals surface area contributed by atoms with Crippen molar-refractivity contribution in [2.24, 2.45) is 0 Å². The lowest BCUT2D eigenvalue weighted by atomic mass is 9.86. The Hall–Kier alpha value is -1.60. The molecule has 0 heterocycles. The van der Waals surface area contributed by atoms with Gasteiger partial charge < -0.3 is 5.32 Å². The van der Waals surface area contributed by atoms with E-state index in [2.05, 4.69) is 79.8 Å². The first-order valence-corrected chi connectivity index (χ1v) is 7.16. The Kier molecular flexibility index (Phi) is 5.17. The average molecular weight is 253 g/mol. The van der Waals surface area contributed by atoms with E-state index in [1.54, 1.807) is 0 Å². The van der Waals surface area contributed by atoms with Crippen LogP contribution in [0.4, 0.5) is 0 Å². The van der Waals surface area contributed by atoms with Crippen LogP contribution in [0.1, 0.15) is 37.3 Å². The molecule has 0 aromatic heterocycles. The van der Waals surface area contributed by atoms with Crippen LogP contribution in [-0.2, 0) is 0 Å². The highest BCUT2D eigenvalue weighted by molar-refractivity contribution is 5.34. The van der Waals surface area contributed by atoms with E-state index in [0.717, 1.165) is 6.54 Å². The summed E-state index contributed by atoms with van der Waals surface area (Å²) in [5.74, 6) is 0.411. The van der Waals surface area contributed by atoms with Crippen molar-refractivity contribution in [2.75, 3.05) is 6.54 Å². The minimum absolute atomic E-state index is 0.411. The molecule has 2 rings (SSSR count). The molecule has 1 nitrogen and oxygen atoms in total. The highest BCUT2D eigenvalue weighted by Crippen LogP contribution is 2.27. The molecule has 2 aromatic carbocycles. The lowest BCUT2D eigenvalue weighted by molar-refractivity contribution is 0.499. The van der Waals surface area contributed by atoms with Gasteiger partial charge in [0.2, 0.25) is 0 Å². The van der Waals surface area contributed by atoms with E-state index >= 15 is 0 Å². The Balaban J connectivity index is 2.29. The molecule has 2 aromatic rings. The Bertz CT molecular complexity index is 424. The highest BCUT2D eigenvalue weighted by atomic mass is 14.9. The Labute approximate surface area is 116 Å². The van der Waals surface area contributed by atoms with Gasteiger partial charge in [-0.3, -0.25) is 0 Å². The predicted molar refractivity (Wildman–Crippen MR) is 82.5 cm³/mol. The molecule has 1 N–H and O–H groups in total. The zero-order valence-corrected chi connectivity index (χ0v) is 11.8. The lowest BCUT2D eigenvalue weighted by Gasteiger charge is -2.26. The van der Waals surface area contributed by atoms with Gasteiger partial charge in [-0.25, -0.2) is 0 Å². The van der Waals surface area contributed by atoms with Crippen LogP contribution in [0, 0.1) is 0 Å². The van der Waals surface area contributed by atoms with Crippen molar-refractivity contribution in [1.82, 2.24) is 5.32 Å². The molecule has 0 aliphatic heterocycles. The summed E-state index contributed by atoms with van der Waals surface area (Å²) in [5.41, 5.74) is 2.76. The van der Waals surface area contributed by atoms with Crippen molar-refractivity contribution in [3.63, 3.8) is 0 Å². The van der Waals surface area contributed by atoms with Crippen LogP contribution in [-0.4, -0.2) is 12.6 Å². The molecule has 0 amide bonds. The summed E-state index contributed by atoms with van der Waals surface area (Å²) < 4.78 is 0. The molecule has 0 saturated carbocycles. The molecule has 0 bridgehead atoms. The third-order valence-corrected chi connectivity index (χ3v) is 3.53. The zero-order valence-electron chi connectivity index (χ0n) is 11.8. The van der Waals surface area contributed by atoms with E-state index in [1.807, 2.05) is 0 Å². The maximum Gasteiger partial charge on any atom is 0.0240 e. The molecular formula is C18H23N. The van der Waals surface area contributed by atoms with Crippen LogP contribution in [0.2, 0.25) is 0 Å². The fourth-order valence-corrected chi connectivity index (χ4v) is 2.58. The van der Waals surface area contributed by atoms with Crippen molar-refractivity contribution in [2.45, 2.75) is 32.2 Å². The number of benzene rings is 2. The molecular weight excluding hydrogens is 230 g/mol. The van der Waals surface area contributed by atoms with E-state index in [9.17, 15) is 0 Å². The normalized spacial score (nSPS) is 12.6. The van der Waals surface area contributed by atoms with Crippen molar-refractivity contribution in [1.29, 1.82) is 0 Å². The standard InChI is InChI=1S/C18H23N/c1-3-14-19-15(2)18(16-10-6-4-7-11-16)17-12-8-5-9-13-17/h4-13,15,18-19H,3,14H2,1-2H3. The number of hydrogen-bond donors (Lipinski definition) is 1. The van der Waals surface area contributed by atoms with Crippen molar-refractivity contribution < 1.29 is 0 Å². The molecule has 100 valence electrons. The van der Waals surface area contributed by atoms with E-state index in [0.29, 0.717) is 12.0 Å². The molecule has 0 saturated heterocycles. The second-order valence-electron chi connectivity index (χ2n) is 5.04. The molecule has 19 heavy (non-hydrogen) atoms. The highest BCUT2D eigenvalue weighted by Gasteiger charge is 2.20. The summed E-state index contributed by atoms with van der Waals surface area (Å²) in [6.45, 7) is 5.55. The molecule has 0 fully saturated rings. The van der Waals surface area contributed by atoms with Gasteiger partial charge in [0.25, 0.3) is 0 Å². The van der Waals surface area contributed by atoms with Gasteiger partial charge in [-0.05, 0) is 31.0 Å². The summed E-state index contributed by atoms with van der Waals surface area (Å²) in [7, 11) is 0. The zero-order chi connectivity index (χ0) is 13.5. The molecule has 0 radical (unpaired) electrons. The third-order valence-electron chi connectivity index (χ3n) is 3.53. The topological polar surface area (TPSA) is 12.0 Å². The quantitative estimate of drug-likeness (QED) is 0.813. The minimum Gasteiger partial charge on any atom is -0.313 e. The smallest absolute Gasteiger partial charge is 0.0240 e. The first-order chi connectivity index (χ1) is 9.33. The SMILES string of the molecule is CCCNC(C)C(c1ccccc1)c1ccccc1. The largest absolute Gasteiger partial charge is 0.313 e. The van der Waals surface area contributed by atoms with Gasteiger partial charge in [0.1, 0.15) is 0 Å². The Morgan fingerprint density at radius 2 is 1.32 bits per heavy atom. The predicted octanol–water partition coefficient (Wildman–Crippen LogP) is 4.21. The van der Waals surface area contributed by atoms with Crippen LogP contribution in [0.25, 0.3) is 0 Å². The molecule has 1 atom stereocenters. The van der Waals surface area contributed by atoms with E-state index in [-0.39, 0.29) is 0 Å². The van der Waals surface area contributed by atoms with Crippen LogP contribution in [0.15, 0.2) is 60.7 Å². The van der Waals surface area contributed by atoms with Crippen molar-refractivity contribution >= 4 is 0 Å². The maximum absolute atomic E-state index is 3.63. The van der Waals surface area contributed by atoms with Crippen molar-refractivity contribution in [3.8, 4) is 0 Å². The first-order valence-electron chi connectivity index (χ1n) is 7.16. The van der Waals surface area contributed by atoms with Gasteiger partial charge >= 0.3 is 0 Å². The van der Waals surface area contributed by atoms with Gasteiger partial charge in [-0.15, -0.1) is 0 Å². The van der Waals surface area contributed by atoms with Gasteiger partial charge in [0.15, 0.2) is 0 Å². The Morgan fingerprint density at radius 3 is 1.74 bits per heavy atom.